The van der Waals surface area contributed by atoms with Gasteiger partial charge in [0.1, 0.15) is 18.2 Å². The number of carbonyl (C=O) groups is 1. The van der Waals surface area contributed by atoms with Gasteiger partial charge < -0.3 is 35.6 Å². The maximum Gasteiger partial charge on any atom is 0.306 e. The van der Waals surface area contributed by atoms with Crippen molar-refractivity contribution >= 4 is 40.8 Å². The number of aliphatic hydroxyl groups excluding tert-OH is 1. The molecule has 0 saturated carbocycles. The molecule has 1 aliphatic heterocycles. The Morgan fingerprint density at radius 1 is 0.828 bits per heavy atom. The maximum absolute atomic E-state index is 11.0. The molecule has 11 nitrogen and oxygen atoms in total. The lowest BCUT2D eigenvalue weighted by Crippen LogP contribution is -2.33. The average molecular weight is 840 g/mol. The van der Waals surface area contributed by atoms with E-state index in [0.717, 1.165) is 41.9 Å². The normalized spacial score (nSPS) is 14.1. The lowest BCUT2D eigenvalue weighted by molar-refractivity contribution is -0.139. The summed E-state index contributed by atoms with van der Waals surface area (Å²) >= 11 is 20.8. The number of benzene rings is 4. The van der Waals surface area contributed by atoms with Crippen LogP contribution in [0.5, 0.6) is 11.8 Å². The van der Waals surface area contributed by atoms with E-state index >= 15 is 0 Å². The molecule has 1 aromatic heterocycles. The summed E-state index contributed by atoms with van der Waals surface area (Å²) in [6.07, 6.45) is 0.890. The fourth-order valence-electron chi connectivity index (χ4n) is 6.68. The van der Waals surface area contributed by atoms with Gasteiger partial charge >= 0.3 is 5.97 Å². The number of carboxylic acid groups (broad SMARTS) is 1. The molecule has 0 spiro atoms. The van der Waals surface area contributed by atoms with Crippen LogP contribution in [0.4, 0.5) is 0 Å². The molecule has 14 heteroatoms. The molecular weight excluding hydrogens is 799 g/mol. The van der Waals surface area contributed by atoms with Crippen LogP contribution < -0.4 is 25.4 Å². The van der Waals surface area contributed by atoms with Gasteiger partial charge in [0.25, 0.3) is 0 Å². The second kappa shape index (κ2) is 20.5. The number of halogens is 3. The fourth-order valence-corrected chi connectivity index (χ4v) is 7.53. The van der Waals surface area contributed by atoms with Gasteiger partial charge in [-0.1, -0.05) is 95.5 Å². The van der Waals surface area contributed by atoms with Gasteiger partial charge in [-0.25, -0.2) is 0 Å². The number of hydrogen-bond donors (Lipinski definition) is 5. The van der Waals surface area contributed by atoms with Gasteiger partial charge in [-0.15, -0.1) is 0 Å². The Kier molecular flexibility index (Phi) is 15.0. The number of nitrogens with one attached hydrogen (secondary N) is 3. The van der Waals surface area contributed by atoms with Crippen LogP contribution in [0, 0.1) is 22.7 Å². The minimum Gasteiger partial charge on any atom is -0.481 e. The molecule has 0 unspecified atom stereocenters. The number of aliphatic hydroxyl groups is 1. The average Bonchev–Trinajstić information content (AvgIpc) is 3.74. The SMILES string of the molecule is N#Cc1cc(C#N)cc(COc2nc(OCc3cccc(-c4cccc(-c5ccc(CNC[C@@H]6CCCN6)cc5)c4Cl)c3Cl)c(Cl)cc2CNC[C@@H](O)CC(=O)O)c1. The monoisotopic (exact) mass is 838 g/mol. The first-order chi connectivity index (χ1) is 28.1. The summed E-state index contributed by atoms with van der Waals surface area (Å²) in [7, 11) is 0. The topological polar surface area (TPSA) is 173 Å². The molecule has 2 atom stereocenters. The molecule has 0 aliphatic carbocycles. The van der Waals surface area contributed by atoms with E-state index in [1.165, 1.54) is 24.5 Å². The van der Waals surface area contributed by atoms with Crippen LogP contribution in [-0.4, -0.2) is 52.9 Å². The van der Waals surface area contributed by atoms with Crippen molar-refractivity contribution < 1.29 is 24.5 Å². The number of nitriles is 2. The number of ether oxygens (including phenoxy) is 2. The van der Waals surface area contributed by atoms with Gasteiger partial charge in [-0.3, -0.25) is 4.79 Å². The van der Waals surface area contributed by atoms with Crippen molar-refractivity contribution in [1.82, 2.24) is 20.9 Å². The van der Waals surface area contributed by atoms with Crippen LogP contribution in [-0.2, 0) is 31.1 Å². The molecule has 1 fully saturated rings. The van der Waals surface area contributed by atoms with Crippen LogP contribution in [0.1, 0.15) is 52.6 Å². The van der Waals surface area contributed by atoms with E-state index in [9.17, 15) is 20.4 Å². The fraction of sp³-hybridized carbons (Fsp3) is 0.273. The van der Waals surface area contributed by atoms with Crippen molar-refractivity contribution in [1.29, 1.82) is 10.5 Å². The van der Waals surface area contributed by atoms with E-state index in [2.05, 4.69) is 45.2 Å². The van der Waals surface area contributed by atoms with Crippen molar-refractivity contribution in [2.45, 2.75) is 57.7 Å². The smallest absolute Gasteiger partial charge is 0.306 e. The predicted molar refractivity (Wildman–Crippen MR) is 224 cm³/mol. The van der Waals surface area contributed by atoms with E-state index in [-0.39, 0.29) is 43.1 Å². The summed E-state index contributed by atoms with van der Waals surface area (Å²) in [6.45, 7) is 2.89. The Bertz CT molecular complexity index is 2290. The van der Waals surface area contributed by atoms with Gasteiger partial charge in [-0.05, 0) is 60.3 Å². The number of pyridine rings is 1. The molecular formula is C44H41Cl3N6O5. The van der Waals surface area contributed by atoms with Gasteiger partial charge in [0.15, 0.2) is 0 Å². The summed E-state index contributed by atoms with van der Waals surface area (Å²) in [6, 6.07) is 30.8. The van der Waals surface area contributed by atoms with Crippen LogP contribution in [0.15, 0.2) is 84.9 Å². The predicted octanol–water partition coefficient (Wildman–Crippen LogP) is 8.04. The van der Waals surface area contributed by atoms with E-state index in [4.69, 9.17) is 49.4 Å². The summed E-state index contributed by atoms with van der Waals surface area (Å²) in [5, 5.41) is 49.1. The lowest BCUT2D eigenvalue weighted by atomic mass is 9.97. The second-order valence-corrected chi connectivity index (χ2v) is 15.1. The Hall–Kier alpha value is -5.21. The van der Waals surface area contributed by atoms with Crippen molar-refractivity contribution in [2.75, 3.05) is 19.6 Å². The third kappa shape index (κ3) is 11.3. The first-order valence-corrected chi connectivity index (χ1v) is 19.8. The van der Waals surface area contributed by atoms with Crippen molar-refractivity contribution in [2.24, 2.45) is 0 Å². The highest BCUT2D eigenvalue weighted by Crippen LogP contribution is 2.40. The van der Waals surface area contributed by atoms with Crippen molar-refractivity contribution in [3.8, 4) is 46.2 Å². The molecule has 2 heterocycles. The van der Waals surface area contributed by atoms with Gasteiger partial charge in [0, 0.05) is 60.0 Å². The number of aliphatic carboxylic acids is 1. The van der Waals surface area contributed by atoms with Crippen molar-refractivity contribution in [3.05, 3.63) is 133 Å². The van der Waals surface area contributed by atoms with Gasteiger partial charge in [0.05, 0.1) is 45.8 Å². The number of rotatable bonds is 18. The van der Waals surface area contributed by atoms with Crippen LogP contribution in [0.3, 0.4) is 0 Å². The Morgan fingerprint density at radius 3 is 2.21 bits per heavy atom. The molecule has 5 aromatic rings. The Morgan fingerprint density at radius 2 is 1.52 bits per heavy atom. The molecule has 5 N–H and O–H groups in total. The Labute approximate surface area is 352 Å². The van der Waals surface area contributed by atoms with Gasteiger partial charge in [0.2, 0.25) is 11.8 Å². The molecule has 4 aromatic carbocycles. The molecule has 0 bridgehead atoms. The lowest BCUT2D eigenvalue weighted by Gasteiger charge is -2.17. The van der Waals surface area contributed by atoms with E-state index < -0.39 is 18.5 Å². The first kappa shape index (κ1) is 42.4. The highest BCUT2D eigenvalue weighted by molar-refractivity contribution is 6.38. The molecule has 1 aliphatic rings. The highest BCUT2D eigenvalue weighted by atomic mass is 35.5. The van der Waals surface area contributed by atoms with Gasteiger partial charge in [-0.2, -0.15) is 15.5 Å². The minimum atomic E-state index is -1.12. The minimum absolute atomic E-state index is 0.00281. The summed E-state index contributed by atoms with van der Waals surface area (Å²) < 4.78 is 12.2. The quantitative estimate of drug-likeness (QED) is 0.0578. The third-order valence-corrected chi connectivity index (χ3v) is 10.7. The molecule has 58 heavy (non-hydrogen) atoms. The van der Waals surface area contributed by atoms with Crippen LogP contribution >= 0.6 is 34.8 Å². The molecule has 0 radical (unpaired) electrons. The van der Waals surface area contributed by atoms with Crippen molar-refractivity contribution in [3.63, 3.8) is 0 Å². The molecule has 298 valence electrons. The number of aromatic nitrogens is 1. The third-order valence-electron chi connectivity index (χ3n) is 9.59. The first-order valence-electron chi connectivity index (χ1n) is 18.7. The molecule has 6 rings (SSSR count). The summed E-state index contributed by atoms with van der Waals surface area (Å²) in [5.41, 5.74) is 6.86. The summed E-state index contributed by atoms with van der Waals surface area (Å²) in [4.78, 5) is 15.6. The zero-order valence-corrected chi connectivity index (χ0v) is 33.7. The standard InChI is InChI=1S/C44H41Cl3N6O5/c45-39-17-33(22-51-24-35(54)18-40(55)56)43(57-25-30-15-28(19-48)14-29(16-30)20-49)53-44(39)58-26-32-4-1-7-37(41(32)46)38-8-2-6-36(42(38)47)31-11-9-27(10-12-31)21-50-23-34-5-3-13-52-34/h1-2,4,6-12,14-17,34-35,50-52,54H,3,5,13,18,21-26H2,(H,55,56)/t34-,35-/m0/s1. The Balaban J connectivity index is 1.18. The van der Waals surface area contributed by atoms with Crippen LogP contribution in [0.25, 0.3) is 22.3 Å². The molecule has 0 amide bonds. The van der Waals surface area contributed by atoms with E-state index in [0.29, 0.717) is 43.9 Å². The zero-order valence-electron chi connectivity index (χ0n) is 31.4. The highest BCUT2D eigenvalue weighted by Gasteiger charge is 2.19. The van der Waals surface area contributed by atoms with E-state index in [1.807, 2.05) is 48.5 Å². The number of hydrogen-bond acceptors (Lipinski definition) is 10. The van der Waals surface area contributed by atoms with E-state index in [1.54, 1.807) is 18.2 Å². The zero-order chi connectivity index (χ0) is 41.0. The number of nitrogens with zero attached hydrogens (tertiary/aromatic N) is 3. The summed E-state index contributed by atoms with van der Waals surface area (Å²) in [5.74, 6) is -0.931. The largest absolute Gasteiger partial charge is 0.481 e. The maximum atomic E-state index is 11.0. The number of carboxylic acids is 1. The molecule has 1 saturated heterocycles. The van der Waals surface area contributed by atoms with Crippen LogP contribution in [0.2, 0.25) is 15.1 Å². The second-order valence-electron chi connectivity index (χ2n) is 13.9.